The van der Waals surface area contributed by atoms with E-state index in [-0.39, 0.29) is 0 Å². The second kappa shape index (κ2) is 3.95. The van der Waals surface area contributed by atoms with Crippen LogP contribution in [0.25, 0.3) is 0 Å². The lowest BCUT2D eigenvalue weighted by Gasteiger charge is -2.26. The van der Waals surface area contributed by atoms with E-state index in [4.69, 9.17) is 0 Å². The number of hydrogen-bond acceptors (Lipinski definition) is 4. The molecule has 1 aliphatic heterocycles. The maximum absolute atomic E-state index is 4.26. The molecule has 2 heterocycles. The van der Waals surface area contributed by atoms with E-state index in [1.54, 1.807) is 11.3 Å². The average Bonchev–Trinajstić information content (AvgIpc) is 2.70. The molecule has 78 valence electrons. The molecule has 0 aliphatic carbocycles. The zero-order valence-electron chi connectivity index (χ0n) is 9.03. The van der Waals surface area contributed by atoms with Gasteiger partial charge in [0.25, 0.3) is 0 Å². The van der Waals surface area contributed by atoms with Crippen molar-refractivity contribution < 1.29 is 0 Å². The largest absolute Gasteiger partial charge is 0.292 e. The van der Waals surface area contributed by atoms with Crippen LogP contribution < -0.4 is 0 Å². The molecule has 1 atom stereocenters. The van der Waals surface area contributed by atoms with Crippen LogP contribution in [0.3, 0.4) is 0 Å². The summed E-state index contributed by atoms with van der Waals surface area (Å²) >= 11 is 1.74. The van der Waals surface area contributed by atoms with Gasteiger partial charge in [-0.25, -0.2) is 0 Å². The topological polar surface area (TPSA) is 29.0 Å². The first kappa shape index (κ1) is 10.1. The van der Waals surface area contributed by atoms with E-state index >= 15 is 0 Å². The van der Waals surface area contributed by atoms with Crippen molar-refractivity contribution >= 4 is 11.3 Å². The van der Waals surface area contributed by atoms with Gasteiger partial charge in [-0.05, 0) is 40.2 Å². The summed E-state index contributed by atoms with van der Waals surface area (Å²) in [6.45, 7) is 7.75. The highest BCUT2D eigenvalue weighted by molar-refractivity contribution is 7.11. The second-order valence-corrected chi connectivity index (χ2v) is 5.36. The number of nitrogens with zero attached hydrogens (tertiary/aromatic N) is 3. The standard InChI is InChI=1S/C10H17N3S/c1-7(2)13-6-4-5-9(13)10-12-11-8(3)14-10/h7,9H,4-6H2,1-3H3/t9-/m0/s1. The van der Waals surface area contributed by atoms with E-state index in [0.717, 1.165) is 5.01 Å². The lowest BCUT2D eigenvalue weighted by molar-refractivity contribution is 0.204. The van der Waals surface area contributed by atoms with E-state index < -0.39 is 0 Å². The maximum Gasteiger partial charge on any atom is 0.134 e. The van der Waals surface area contributed by atoms with Gasteiger partial charge in [0.05, 0.1) is 6.04 Å². The summed E-state index contributed by atoms with van der Waals surface area (Å²) in [6.07, 6.45) is 2.54. The van der Waals surface area contributed by atoms with E-state index in [2.05, 4.69) is 28.9 Å². The van der Waals surface area contributed by atoms with Gasteiger partial charge in [0, 0.05) is 6.04 Å². The predicted octanol–water partition coefficient (Wildman–Crippen LogP) is 2.39. The van der Waals surface area contributed by atoms with Crippen LogP contribution in [0.15, 0.2) is 0 Å². The van der Waals surface area contributed by atoms with Crippen LogP contribution in [0.4, 0.5) is 0 Å². The molecular formula is C10H17N3S. The van der Waals surface area contributed by atoms with Crippen LogP contribution in [0.5, 0.6) is 0 Å². The Hall–Kier alpha value is -0.480. The highest BCUT2D eigenvalue weighted by atomic mass is 32.1. The average molecular weight is 211 g/mol. The zero-order valence-corrected chi connectivity index (χ0v) is 9.84. The highest BCUT2D eigenvalue weighted by Crippen LogP contribution is 2.34. The van der Waals surface area contributed by atoms with Gasteiger partial charge in [-0.3, -0.25) is 4.90 Å². The Balaban J connectivity index is 2.17. The Bertz CT molecular complexity index is 308. The molecule has 3 nitrogen and oxygen atoms in total. The minimum Gasteiger partial charge on any atom is -0.292 e. The van der Waals surface area contributed by atoms with Crippen molar-refractivity contribution in [3.05, 3.63) is 10.0 Å². The van der Waals surface area contributed by atoms with Crippen LogP contribution >= 0.6 is 11.3 Å². The van der Waals surface area contributed by atoms with Gasteiger partial charge in [0.2, 0.25) is 0 Å². The fraction of sp³-hybridized carbons (Fsp3) is 0.800. The molecule has 0 aromatic carbocycles. The Morgan fingerprint density at radius 2 is 2.21 bits per heavy atom. The summed E-state index contributed by atoms with van der Waals surface area (Å²) in [6, 6.07) is 1.15. The fourth-order valence-electron chi connectivity index (χ4n) is 2.12. The Kier molecular flexibility index (Phi) is 2.83. The van der Waals surface area contributed by atoms with Crippen LogP contribution in [-0.4, -0.2) is 27.7 Å². The van der Waals surface area contributed by atoms with Crippen molar-refractivity contribution in [1.82, 2.24) is 15.1 Å². The SMILES string of the molecule is Cc1nnc([C@@H]2CCCN2C(C)C)s1. The van der Waals surface area contributed by atoms with Gasteiger partial charge < -0.3 is 0 Å². The van der Waals surface area contributed by atoms with Gasteiger partial charge >= 0.3 is 0 Å². The van der Waals surface area contributed by atoms with Gasteiger partial charge in [0.15, 0.2) is 0 Å². The zero-order chi connectivity index (χ0) is 10.1. The van der Waals surface area contributed by atoms with Gasteiger partial charge in [0.1, 0.15) is 10.0 Å². The van der Waals surface area contributed by atoms with E-state index in [9.17, 15) is 0 Å². The molecular weight excluding hydrogens is 194 g/mol. The highest BCUT2D eigenvalue weighted by Gasteiger charge is 2.30. The number of rotatable bonds is 2. The number of likely N-dealkylation sites (tertiary alicyclic amines) is 1. The molecule has 0 amide bonds. The maximum atomic E-state index is 4.26. The summed E-state index contributed by atoms with van der Waals surface area (Å²) in [7, 11) is 0. The molecule has 0 saturated carbocycles. The van der Waals surface area contributed by atoms with Gasteiger partial charge in [-0.15, -0.1) is 21.5 Å². The number of aryl methyl sites for hydroxylation is 1. The fourth-order valence-corrected chi connectivity index (χ4v) is 2.97. The van der Waals surface area contributed by atoms with Crippen LogP contribution in [0.1, 0.15) is 42.7 Å². The Morgan fingerprint density at radius 1 is 1.43 bits per heavy atom. The van der Waals surface area contributed by atoms with Crippen molar-refractivity contribution in [2.45, 2.75) is 45.7 Å². The van der Waals surface area contributed by atoms with E-state index in [1.807, 2.05) is 6.92 Å². The molecule has 1 aliphatic rings. The third-order valence-electron chi connectivity index (χ3n) is 2.78. The van der Waals surface area contributed by atoms with Crippen molar-refractivity contribution in [1.29, 1.82) is 0 Å². The molecule has 0 spiro atoms. The minimum atomic E-state index is 0.529. The Morgan fingerprint density at radius 3 is 2.79 bits per heavy atom. The molecule has 1 saturated heterocycles. The van der Waals surface area contributed by atoms with Crippen molar-refractivity contribution in [3.8, 4) is 0 Å². The summed E-state index contributed by atoms with van der Waals surface area (Å²) in [5.74, 6) is 0. The van der Waals surface area contributed by atoms with E-state index in [0.29, 0.717) is 12.1 Å². The first-order valence-electron chi connectivity index (χ1n) is 5.24. The van der Waals surface area contributed by atoms with Crippen LogP contribution in [0.2, 0.25) is 0 Å². The monoisotopic (exact) mass is 211 g/mol. The quantitative estimate of drug-likeness (QED) is 0.752. The predicted molar refractivity (Wildman–Crippen MR) is 58.5 cm³/mol. The molecule has 0 radical (unpaired) electrons. The molecule has 0 bridgehead atoms. The molecule has 14 heavy (non-hydrogen) atoms. The molecule has 0 unspecified atom stereocenters. The van der Waals surface area contributed by atoms with Gasteiger partial charge in [-0.2, -0.15) is 0 Å². The molecule has 0 N–H and O–H groups in total. The summed E-state index contributed by atoms with van der Waals surface area (Å²) < 4.78 is 0. The van der Waals surface area contributed by atoms with E-state index in [1.165, 1.54) is 24.4 Å². The Labute approximate surface area is 89.2 Å². The molecule has 1 fully saturated rings. The first-order chi connectivity index (χ1) is 6.68. The minimum absolute atomic E-state index is 0.529. The van der Waals surface area contributed by atoms with Crippen LogP contribution in [-0.2, 0) is 0 Å². The number of aromatic nitrogens is 2. The third-order valence-corrected chi connectivity index (χ3v) is 3.72. The van der Waals surface area contributed by atoms with Crippen LogP contribution in [0, 0.1) is 6.92 Å². The van der Waals surface area contributed by atoms with Gasteiger partial charge in [-0.1, -0.05) is 0 Å². The molecule has 2 rings (SSSR count). The molecule has 4 heteroatoms. The summed E-state index contributed by atoms with van der Waals surface area (Å²) in [5, 5.41) is 10.6. The smallest absolute Gasteiger partial charge is 0.134 e. The molecule has 1 aromatic rings. The lowest BCUT2D eigenvalue weighted by Crippen LogP contribution is -2.30. The second-order valence-electron chi connectivity index (χ2n) is 4.15. The van der Waals surface area contributed by atoms with Crippen molar-refractivity contribution in [2.75, 3.05) is 6.54 Å². The normalized spacial score (nSPS) is 23.6. The molecule has 1 aromatic heterocycles. The lowest BCUT2D eigenvalue weighted by atomic mass is 10.2. The summed E-state index contributed by atoms with van der Waals surface area (Å²) in [5.41, 5.74) is 0. The van der Waals surface area contributed by atoms with Crippen molar-refractivity contribution in [2.24, 2.45) is 0 Å². The van der Waals surface area contributed by atoms with Crippen molar-refractivity contribution in [3.63, 3.8) is 0 Å². The number of hydrogen-bond donors (Lipinski definition) is 0. The third kappa shape index (κ3) is 1.81. The first-order valence-corrected chi connectivity index (χ1v) is 6.06. The summed E-state index contributed by atoms with van der Waals surface area (Å²) in [4.78, 5) is 2.53.